The van der Waals surface area contributed by atoms with Crippen molar-refractivity contribution >= 4 is 46.7 Å². The molecule has 0 spiro atoms. The lowest BCUT2D eigenvalue weighted by Crippen LogP contribution is -2.36. The van der Waals surface area contributed by atoms with Crippen molar-refractivity contribution in [3.63, 3.8) is 0 Å². The van der Waals surface area contributed by atoms with Crippen LogP contribution in [0.5, 0.6) is 0 Å². The van der Waals surface area contributed by atoms with Crippen LogP contribution in [-0.2, 0) is 9.59 Å². The molecule has 0 bridgehead atoms. The molecule has 0 unspecified atom stereocenters. The molecule has 10 heteroatoms. The molecule has 3 amide bonds. The minimum absolute atomic E-state index is 0.00252. The first-order chi connectivity index (χ1) is 14.8. The number of carbonyl (C=O) groups excluding carboxylic acids is 3. The van der Waals surface area contributed by atoms with E-state index < -0.39 is 27.8 Å². The number of hydrogen-bond donors (Lipinski definition) is 1. The van der Waals surface area contributed by atoms with Gasteiger partial charge < -0.3 is 5.32 Å². The van der Waals surface area contributed by atoms with E-state index in [1.165, 1.54) is 66.8 Å². The minimum atomic E-state index is -0.514. The van der Waals surface area contributed by atoms with E-state index in [1.54, 1.807) is 0 Å². The highest BCUT2D eigenvalue weighted by Crippen LogP contribution is 2.31. The summed E-state index contributed by atoms with van der Waals surface area (Å²) in [5.74, 6) is -1.31. The van der Waals surface area contributed by atoms with Gasteiger partial charge in [-0.2, -0.15) is 0 Å². The number of nitrogens with zero attached hydrogens (tertiary/aromatic N) is 2. The third-order valence-electron chi connectivity index (χ3n) is 4.21. The molecule has 1 heterocycles. The van der Waals surface area contributed by atoms with Crippen LogP contribution in [0.1, 0.15) is 11.1 Å². The number of rotatable bonds is 7. The van der Waals surface area contributed by atoms with E-state index in [2.05, 4.69) is 5.32 Å². The highest BCUT2D eigenvalue weighted by Gasteiger charge is 2.34. The summed E-state index contributed by atoms with van der Waals surface area (Å²) in [6.07, 6.45) is 4.25. The maximum absolute atomic E-state index is 13.0. The van der Waals surface area contributed by atoms with Crippen LogP contribution in [0.25, 0.3) is 12.2 Å². The second-order valence-corrected chi connectivity index (χ2v) is 7.35. The molecule has 0 saturated carbocycles. The second-order valence-electron chi connectivity index (χ2n) is 6.36. The lowest BCUT2D eigenvalue weighted by molar-refractivity contribution is -0.384. The number of nitrogens with one attached hydrogen (secondary N) is 1. The number of thioether (sulfide) groups is 1. The summed E-state index contributed by atoms with van der Waals surface area (Å²) in [6, 6.07) is 11.2. The highest BCUT2D eigenvalue weighted by molar-refractivity contribution is 8.18. The average molecular weight is 441 g/mol. The third-order valence-corrected chi connectivity index (χ3v) is 5.11. The number of carbonyl (C=O) groups is 3. The maximum Gasteiger partial charge on any atom is 0.293 e. The number of amides is 3. The number of nitro groups is 1. The predicted molar refractivity (Wildman–Crippen MR) is 114 cm³/mol. The lowest BCUT2D eigenvalue weighted by Gasteiger charge is -2.12. The molecule has 1 saturated heterocycles. The van der Waals surface area contributed by atoms with Gasteiger partial charge in [0, 0.05) is 31.3 Å². The fourth-order valence-electron chi connectivity index (χ4n) is 2.63. The molecule has 2 aromatic rings. The average Bonchev–Trinajstić information content (AvgIpc) is 3.01. The zero-order valence-corrected chi connectivity index (χ0v) is 16.8. The van der Waals surface area contributed by atoms with Gasteiger partial charge in [0.1, 0.15) is 5.82 Å². The summed E-state index contributed by atoms with van der Waals surface area (Å²) >= 11 is 0.780. The van der Waals surface area contributed by atoms with Gasteiger partial charge in [0.15, 0.2) is 0 Å². The van der Waals surface area contributed by atoms with E-state index in [1.807, 2.05) is 0 Å². The molecule has 0 atom stereocenters. The standard InChI is InChI=1S/C21H16FN3O5S/c22-16-6-1-15(2-7-16)13-18-20(27)24(21(28)31-18)12-11-23-19(26)10-5-14-3-8-17(9-4-14)25(29)30/h1-10,13H,11-12H2,(H,23,26)/b10-5+,18-13+. The van der Waals surface area contributed by atoms with Gasteiger partial charge in [-0.05, 0) is 59.3 Å². The van der Waals surface area contributed by atoms with Crippen LogP contribution >= 0.6 is 11.8 Å². The number of hydrogen-bond acceptors (Lipinski definition) is 6. The summed E-state index contributed by atoms with van der Waals surface area (Å²) < 4.78 is 13.0. The largest absolute Gasteiger partial charge is 0.351 e. The van der Waals surface area contributed by atoms with Crippen LogP contribution in [0.3, 0.4) is 0 Å². The molecule has 0 aromatic heterocycles. The summed E-state index contributed by atoms with van der Waals surface area (Å²) in [5, 5.41) is 12.7. The van der Waals surface area contributed by atoms with Crippen molar-refractivity contribution in [2.75, 3.05) is 13.1 Å². The molecule has 1 aliphatic heterocycles. The molecule has 8 nitrogen and oxygen atoms in total. The zero-order valence-electron chi connectivity index (χ0n) is 16.0. The third kappa shape index (κ3) is 5.86. The number of imide groups is 1. The van der Waals surface area contributed by atoms with E-state index >= 15 is 0 Å². The Morgan fingerprint density at radius 3 is 2.39 bits per heavy atom. The fourth-order valence-corrected chi connectivity index (χ4v) is 3.50. The Balaban J connectivity index is 1.51. The van der Waals surface area contributed by atoms with Crippen molar-refractivity contribution in [3.8, 4) is 0 Å². The Kier molecular flexibility index (Phi) is 6.93. The van der Waals surface area contributed by atoms with Crippen molar-refractivity contribution in [2.45, 2.75) is 0 Å². The summed E-state index contributed by atoms with van der Waals surface area (Å²) in [5.41, 5.74) is 1.15. The maximum atomic E-state index is 13.0. The Morgan fingerprint density at radius 2 is 1.74 bits per heavy atom. The van der Waals surface area contributed by atoms with Crippen LogP contribution < -0.4 is 5.32 Å². The molecular weight excluding hydrogens is 425 g/mol. The number of benzene rings is 2. The van der Waals surface area contributed by atoms with Crippen molar-refractivity contribution in [1.29, 1.82) is 0 Å². The summed E-state index contributed by atoms with van der Waals surface area (Å²) in [7, 11) is 0. The van der Waals surface area contributed by atoms with E-state index in [0.29, 0.717) is 11.1 Å². The molecule has 3 rings (SSSR count). The van der Waals surface area contributed by atoms with Gasteiger partial charge in [-0.3, -0.25) is 29.4 Å². The van der Waals surface area contributed by atoms with Crippen molar-refractivity contribution in [2.24, 2.45) is 0 Å². The fraction of sp³-hybridized carbons (Fsp3) is 0.0952. The minimum Gasteiger partial charge on any atom is -0.351 e. The Morgan fingerprint density at radius 1 is 1.10 bits per heavy atom. The summed E-state index contributed by atoms with van der Waals surface area (Å²) in [6.45, 7) is 0.0633. The van der Waals surface area contributed by atoms with Crippen LogP contribution in [0.15, 0.2) is 59.5 Å². The smallest absolute Gasteiger partial charge is 0.293 e. The quantitative estimate of drug-likeness (QED) is 0.399. The van der Waals surface area contributed by atoms with Gasteiger partial charge in [-0.15, -0.1) is 0 Å². The summed E-state index contributed by atoms with van der Waals surface area (Å²) in [4.78, 5) is 47.8. The second kappa shape index (κ2) is 9.81. The molecule has 2 aromatic carbocycles. The van der Waals surface area contributed by atoms with Gasteiger partial charge in [-0.25, -0.2) is 4.39 Å². The van der Waals surface area contributed by atoms with E-state index in [-0.39, 0.29) is 23.7 Å². The van der Waals surface area contributed by atoms with E-state index in [4.69, 9.17) is 0 Å². The first-order valence-electron chi connectivity index (χ1n) is 9.05. The number of nitro benzene ring substituents is 1. The highest BCUT2D eigenvalue weighted by atomic mass is 32.2. The van der Waals surface area contributed by atoms with Gasteiger partial charge in [0.25, 0.3) is 16.8 Å². The monoisotopic (exact) mass is 441 g/mol. The van der Waals surface area contributed by atoms with Gasteiger partial charge in [0.05, 0.1) is 9.83 Å². The number of halogens is 1. The molecule has 1 aliphatic rings. The predicted octanol–water partition coefficient (Wildman–Crippen LogP) is 3.60. The van der Waals surface area contributed by atoms with Crippen LogP contribution in [0.4, 0.5) is 14.9 Å². The SMILES string of the molecule is O=C(/C=C/c1ccc([N+](=O)[O-])cc1)NCCN1C(=O)S/C(=C/c2ccc(F)cc2)C1=O. The molecule has 31 heavy (non-hydrogen) atoms. The first kappa shape index (κ1) is 21.9. The van der Waals surface area contributed by atoms with E-state index in [0.717, 1.165) is 16.7 Å². The molecule has 158 valence electrons. The molecular formula is C21H16FN3O5S. The molecule has 0 aliphatic carbocycles. The van der Waals surface area contributed by atoms with Crippen LogP contribution in [0, 0.1) is 15.9 Å². The van der Waals surface area contributed by atoms with Gasteiger partial charge >= 0.3 is 0 Å². The molecule has 0 radical (unpaired) electrons. The van der Waals surface area contributed by atoms with Crippen molar-refractivity contribution in [3.05, 3.63) is 86.6 Å². The van der Waals surface area contributed by atoms with E-state index in [9.17, 15) is 28.9 Å². The lowest BCUT2D eigenvalue weighted by atomic mass is 10.2. The van der Waals surface area contributed by atoms with Crippen LogP contribution in [0.2, 0.25) is 0 Å². The Hall–Kier alpha value is -3.79. The van der Waals surface area contributed by atoms with Gasteiger partial charge in [-0.1, -0.05) is 12.1 Å². The van der Waals surface area contributed by atoms with Crippen molar-refractivity contribution < 1.29 is 23.7 Å². The molecule has 1 fully saturated rings. The number of non-ortho nitro benzene ring substituents is 1. The Bertz CT molecular complexity index is 1080. The Labute approximate surface area is 180 Å². The van der Waals surface area contributed by atoms with Gasteiger partial charge in [0.2, 0.25) is 5.91 Å². The van der Waals surface area contributed by atoms with Crippen molar-refractivity contribution in [1.82, 2.24) is 10.2 Å². The first-order valence-corrected chi connectivity index (χ1v) is 9.86. The van der Waals surface area contributed by atoms with Crippen LogP contribution in [-0.4, -0.2) is 40.0 Å². The molecule has 1 N–H and O–H groups in total. The normalized spacial score (nSPS) is 15.1. The topological polar surface area (TPSA) is 110 Å². The zero-order chi connectivity index (χ0) is 22.4.